The van der Waals surface area contributed by atoms with Gasteiger partial charge < -0.3 is 26.2 Å². The first-order valence-corrected chi connectivity index (χ1v) is 12.8. The number of fused-ring (bicyclic) bond motifs is 1. The van der Waals surface area contributed by atoms with Crippen LogP contribution in [0, 0.1) is 5.92 Å². The van der Waals surface area contributed by atoms with Crippen molar-refractivity contribution in [3.05, 3.63) is 69.8 Å². The molecule has 2 unspecified atom stereocenters. The van der Waals surface area contributed by atoms with Gasteiger partial charge in [-0.05, 0) is 44.1 Å². The number of rotatable bonds is 11. The van der Waals surface area contributed by atoms with E-state index in [1.807, 2.05) is 6.92 Å². The maximum Gasteiger partial charge on any atom is 0.256 e. The molecule has 0 saturated heterocycles. The number of nitrogens with two attached hydrogens (primary N) is 1. The first kappa shape index (κ1) is 28.7. The molecule has 0 fully saturated rings. The molecule has 3 heterocycles. The summed E-state index contributed by atoms with van der Waals surface area (Å²) in [4.78, 5) is 31.2. The lowest BCUT2D eigenvalue weighted by molar-refractivity contribution is -0.119. The van der Waals surface area contributed by atoms with Crippen LogP contribution in [0.5, 0.6) is 0 Å². The highest BCUT2D eigenvalue weighted by Gasteiger charge is 2.36. The topological polar surface area (TPSA) is 129 Å². The molecule has 5 N–H and O–H groups in total. The van der Waals surface area contributed by atoms with Crippen LogP contribution in [0.25, 0.3) is 0 Å². The van der Waals surface area contributed by atoms with Crippen LogP contribution in [0.15, 0.2) is 58.6 Å². The van der Waals surface area contributed by atoms with E-state index < -0.39 is 22.7 Å². The Labute approximate surface area is 219 Å². The number of ketones is 1. The predicted molar refractivity (Wildman–Crippen MR) is 140 cm³/mol. The van der Waals surface area contributed by atoms with Gasteiger partial charge in [-0.25, -0.2) is 13.8 Å². The highest BCUT2D eigenvalue weighted by Crippen LogP contribution is 2.44. The van der Waals surface area contributed by atoms with Crippen LogP contribution in [-0.2, 0) is 11.3 Å². The number of hydrogen-bond donors (Lipinski definition) is 4. The van der Waals surface area contributed by atoms with E-state index in [-0.39, 0.29) is 54.7 Å². The van der Waals surface area contributed by atoms with Crippen molar-refractivity contribution in [3.63, 3.8) is 0 Å². The number of carbonyl (C=O) groups excluding carboxylic acids is 2. The summed E-state index contributed by atoms with van der Waals surface area (Å²) in [6.07, 6.45) is 4.91. The summed E-state index contributed by atoms with van der Waals surface area (Å²) in [6, 6.07) is 3.21. The van der Waals surface area contributed by atoms with Crippen LogP contribution < -0.4 is 11.1 Å². The standard InChI is InChI=1S/C26H32F2N4O4S/c1-4-5-15(26(2,3)36)10-19(28)18(12-27)22-11-17(21(34)13-29)24(37-22)31-23-7-6-16-20(30-23)14-32(8-9-33)25(16)35/h5-7,10-12,17,24,33,36H,4,8-9,13-14,29H2,1-3H3,(H,30,31)/b15-5+,18-12-,19-10+. The Bertz CT molecular complexity index is 1170. The summed E-state index contributed by atoms with van der Waals surface area (Å²) in [5.41, 5.74) is 5.18. The number of nitrogens with one attached hydrogen (secondary N) is 1. The lowest BCUT2D eigenvalue weighted by atomic mass is 9.95. The summed E-state index contributed by atoms with van der Waals surface area (Å²) in [5, 5.41) is 22.0. The van der Waals surface area contributed by atoms with Gasteiger partial charge in [0.15, 0.2) is 5.78 Å². The maximum absolute atomic E-state index is 15.2. The number of hydrogen-bond acceptors (Lipinski definition) is 8. The van der Waals surface area contributed by atoms with Gasteiger partial charge in [0.25, 0.3) is 5.91 Å². The van der Waals surface area contributed by atoms with Crippen molar-refractivity contribution >= 4 is 29.3 Å². The van der Waals surface area contributed by atoms with E-state index >= 15 is 4.39 Å². The number of allylic oxidation sites excluding steroid dienone is 3. The van der Waals surface area contributed by atoms with E-state index in [0.717, 1.165) is 17.8 Å². The average molecular weight is 535 g/mol. The molecule has 2 aliphatic heterocycles. The SMILES string of the molecule is CC\C=C(/C=C(F)\C(=C\F)C1=CC(C(=O)CN)C(Nc2ccc3c(n2)CN(CCO)C3=O)S1)C(C)(C)O. The third-order valence-corrected chi connectivity index (χ3v) is 7.30. The lowest BCUT2D eigenvalue weighted by Crippen LogP contribution is -2.32. The van der Waals surface area contributed by atoms with E-state index in [1.54, 1.807) is 18.2 Å². The van der Waals surface area contributed by atoms with Crippen molar-refractivity contribution in [2.24, 2.45) is 11.7 Å². The molecule has 0 radical (unpaired) electrons. The van der Waals surface area contributed by atoms with Gasteiger partial charge in [-0.2, -0.15) is 0 Å². The zero-order valence-corrected chi connectivity index (χ0v) is 21.8. The molecule has 11 heteroatoms. The smallest absolute Gasteiger partial charge is 0.256 e. The van der Waals surface area contributed by atoms with E-state index in [4.69, 9.17) is 10.8 Å². The van der Waals surface area contributed by atoms with E-state index in [2.05, 4.69) is 10.3 Å². The second-order valence-corrected chi connectivity index (χ2v) is 10.4. The molecule has 8 nitrogen and oxygen atoms in total. The molecule has 3 rings (SSSR count). The minimum absolute atomic E-state index is 0.139. The van der Waals surface area contributed by atoms with Gasteiger partial charge in [-0.15, -0.1) is 0 Å². The number of halogens is 2. The van der Waals surface area contributed by atoms with Crippen molar-refractivity contribution in [1.82, 2.24) is 9.88 Å². The van der Waals surface area contributed by atoms with Gasteiger partial charge in [0, 0.05) is 11.4 Å². The first-order chi connectivity index (χ1) is 17.5. The molecular formula is C26H32F2N4O4S. The van der Waals surface area contributed by atoms with Crippen LogP contribution in [-0.4, -0.2) is 62.5 Å². The molecule has 0 saturated carbocycles. The molecule has 1 aromatic heterocycles. The number of aliphatic hydroxyl groups excluding tert-OH is 1. The van der Waals surface area contributed by atoms with Gasteiger partial charge >= 0.3 is 0 Å². The Hall–Kier alpha value is -2.86. The van der Waals surface area contributed by atoms with Crippen molar-refractivity contribution in [2.45, 2.75) is 44.7 Å². The van der Waals surface area contributed by atoms with Crippen LogP contribution >= 0.6 is 11.8 Å². The Balaban J connectivity index is 1.86. The Kier molecular flexibility index (Phi) is 9.41. The third kappa shape index (κ3) is 6.53. The van der Waals surface area contributed by atoms with Crippen molar-refractivity contribution in [2.75, 3.05) is 25.0 Å². The van der Waals surface area contributed by atoms with Gasteiger partial charge in [-0.3, -0.25) is 9.59 Å². The normalized spacial score (nSPS) is 20.9. The predicted octanol–water partition coefficient (Wildman–Crippen LogP) is 3.36. The second-order valence-electron chi connectivity index (χ2n) is 9.19. The van der Waals surface area contributed by atoms with Crippen LogP contribution in [0.2, 0.25) is 0 Å². The van der Waals surface area contributed by atoms with Gasteiger partial charge in [0.1, 0.15) is 11.6 Å². The van der Waals surface area contributed by atoms with Crippen LogP contribution in [0.4, 0.5) is 14.6 Å². The molecule has 0 spiro atoms. The Morgan fingerprint density at radius 1 is 1.41 bits per heavy atom. The summed E-state index contributed by atoms with van der Waals surface area (Å²) in [7, 11) is 0. The highest BCUT2D eigenvalue weighted by molar-refractivity contribution is 8.04. The molecular weight excluding hydrogens is 502 g/mol. The van der Waals surface area contributed by atoms with E-state index in [9.17, 15) is 19.1 Å². The fourth-order valence-corrected chi connectivity index (χ4v) is 5.40. The van der Waals surface area contributed by atoms with Gasteiger partial charge in [0.05, 0.1) is 59.7 Å². The number of aromatic nitrogens is 1. The number of nitrogens with zero attached hydrogens (tertiary/aromatic N) is 2. The first-order valence-electron chi connectivity index (χ1n) is 11.9. The number of aliphatic hydroxyl groups is 2. The molecule has 1 aromatic rings. The Morgan fingerprint density at radius 2 is 2.14 bits per heavy atom. The summed E-state index contributed by atoms with van der Waals surface area (Å²) >= 11 is 1.06. The minimum atomic E-state index is -1.33. The fraction of sp³-hybridized carbons (Fsp3) is 0.423. The molecule has 2 atom stereocenters. The summed E-state index contributed by atoms with van der Waals surface area (Å²) in [6.45, 7) is 4.87. The van der Waals surface area contributed by atoms with Crippen molar-refractivity contribution in [1.29, 1.82) is 0 Å². The maximum atomic E-state index is 15.2. The van der Waals surface area contributed by atoms with Crippen LogP contribution in [0.1, 0.15) is 43.2 Å². The monoisotopic (exact) mass is 534 g/mol. The number of pyridine rings is 1. The molecule has 2 aliphatic rings. The second kappa shape index (κ2) is 12.1. The zero-order valence-electron chi connectivity index (χ0n) is 21.0. The third-order valence-electron chi connectivity index (χ3n) is 6.02. The van der Waals surface area contributed by atoms with Gasteiger partial charge in [0.2, 0.25) is 0 Å². The molecule has 0 bridgehead atoms. The van der Waals surface area contributed by atoms with E-state index in [1.165, 1.54) is 24.8 Å². The number of amides is 1. The average Bonchev–Trinajstić information content (AvgIpc) is 3.39. The minimum Gasteiger partial charge on any atom is -0.395 e. The Morgan fingerprint density at radius 3 is 2.73 bits per heavy atom. The van der Waals surface area contributed by atoms with Crippen molar-refractivity contribution < 1.29 is 28.6 Å². The number of thioether (sulfide) groups is 1. The zero-order chi connectivity index (χ0) is 27.3. The van der Waals surface area contributed by atoms with Crippen LogP contribution in [0.3, 0.4) is 0 Å². The van der Waals surface area contributed by atoms with Gasteiger partial charge in [-0.1, -0.05) is 30.8 Å². The molecule has 200 valence electrons. The largest absolute Gasteiger partial charge is 0.395 e. The number of Topliss-reactive ketones (excluding diaryl/α,β-unsaturated/α-hetero) is 1. The van der Waals surface area contributed by atoms with E-state index in [0.29, 0.717) is 29.1 Å². The summed E-state index contributed by atoms with van der Waals surface area (Å²) < 4.78 is 29.2. The van der Waals surface area contributed by atoms with Crippen molar-refractivity contribution in [3.8, 4) is 0 Å². The fourth-order valence-electron chi connectivity index (χ4n) is 4.08. The molecule has 37 heavy (non-hydrogen) atoms. The number of anilines is 1. The molecule has 0 aliphatic carbocycles. The molecule has 0 aromatic carbocycles. The number of β-amino-alcohol motifs (C(OH)–C–C–N with tert-alkyl or cyclic N) is 1. The quantitative estimate of drug-likeness (QED) is 0.318. The lowest BCUT2D eigenvalue weighted by Gasteiger charge is -2.20. The number of carbonyl (C=O) groups is 2. The summed E-state index contributed by atoms with van der Waals surface area (Å²) in [5.74, 6) is -1.83. The molecule has 1 amide bonds. The highest BCUT2D eigenvalue weighted by atomic mass is 32.2.